The third-order valence-electron chi connectivity index (χ3n) is 3.38. The van der Waals surface area contributed by atoms with E-state index in [1.165, 1.54) is 0 Å². The highest BCUT2D eigenvalue weighted by Crippen LogP contribution is 2.19. The maximum atomic E-state index is 12.3. The number of fused-ring (bicyclic) bond motifs is 1. The molecule has 20 heavy (non-hydrogen) atoms. The lowest BCUT2D eigenvalue weighted by molar-refractivity contribution is 0.0955. The molecule has 1 amide bonds. The van der Waals surface area contributed by atoms with Crippen LogP contribution in [0.15, 0.2) is 43.0 Å². The van der Waals surface area contributed by atoms with Gasteiger partial charge in [0.05, 0.1) is 11.9 Å². The first kappa shape index (κ1) is 12.5. The van der Waals surface area contributed by atoms with Crippen LogP contribution < -0.4 is 5.32 Å². The topological polar surface area (TPSA) is 62.7 Å². The Balaban J connectivity index is 1.72. The summed E-state index contributed by atoms with van der Waals surface area (Å²) in [6, 6.07) is 7.90. The first-order valence-electron chi connectivity index (χ1n) is 6.55. The van der Waals surface area contributed by atoms with E-state index in [-0.39, 0.29) is 5.91 Å². The zero-order chi connectivity index (χ0) is 13.9. The summed E-state index contributed by atoms with van der Waals surface area (Å²) in [7, 11) is 1.95. The number of benzene rings is 1. The molecule has 0 aliphatic heterocycles. The number of hydrogen-bond donors (Lipinski definition) is 2. The van der Waals surface area contributed by atoms with E-state index in [1.807, 2.05) is 42.1 Å². The molecule has 0 aliphatic carbocycles. The molecule has 0 spiro atoms. The van der Waals surface area contributed by atoms with Crippen LogP contribution in [0.1, 0.15) is 16.1 Å². The van der Waals surface area contributed by atoms with Gasteiger partial charge in [0.1, 0.15) is 0 Å². The summed E-state index contributed by atoms with van der Waals surface area (Å²) in [6.45, 7) is 0.588. The van der Waals surface area contributed by atoms with Crippen molar-refractivity contribution in [3.8, 4) is 0 Å². The number of hydrogen-bond acceptors (Lipinski definition) is 2. The third-order valence-corrected chi connectivity index (χ3v) is 3.38. The normalized spacial score (nSPS) is 10.8. The number of aromatic amines is 1. The van der Waals surface area contributed by atoms with Gasteiger partial charge < -0.3 is 14.9 Å². The van der Waals surface area contributed by atoms with E-state index in [1.54, 1.807) is 12.5 Å². The van der Waals surface area contributed by atoms with Gasteiger partial charge >= 0.3 is 0 Å². The molecule has 5 heteroatoms. The molecule has 0 saturated carbocycles. The Bertz CT molecular complexity index is 728. The molecule has 0 aliphatic rings. The van der Waals surface area contributed by atoms with Gasteiger partial charge in [0.15, 0.2) is 0 Å². The molecule has 0 unspecified atom stereocenters. The van der Waals surface area contributed by atoms with Crippen molar-refractivity contribution in [1.29, 1.82) is 0 Å². The lowest BCUT2D eigenvalue weighted by Gasteiger charge is -2.03. The number of amides is 1. The van der Waals surface area contributed by atoms with Gasteiger partial charge in [-0.3, -0.25) is 4.79 Å². The highest BCUT2D eigenvalue weighted by Gasteiger charge is 2.12. The van der Waals surface area contributed by atoms with E-state index in [4.69, 9.17) is 0 Å². The fourth-order valence-corrected chi connectivity index (χ4v) is 2.35. The molecule has 102 valence electrons. The molecule has 2 aromatic heterocycles. The molecular formula is C15H16N4O. The lowest BCUT2D eigenvalue weighted by Crippen LogP contribution is -2.25. The standard InChI is InChI=1S/C15H16N4O/c1-19-9-13(12-4-2-3-5-14(12)19)15(20)17-7-6-11-8-16-10-18-11/h2-5,8-10H,6-7H2,1H3,(H,16,18)(H,17,20). The average molecular weight is 268 g/mol. The van der Waals surface area contributed by atoms with Crippen LogP contribution in [0.25, 0.3) is 10.9 Å². The molecule has 3 aromatic rings. The molecule has 0 atom stereocenters. The number of para-hydroxylation sites is 1. The van der Waals surface area contributed by atoms with Crippen LogP contribution in [0.4, 0.5) is 0 Å². The van der Waals surface area contributed by atoms with E-state index in [0.717, 1.165) is 23.0 Å². The predicted octanol–water partition coefficient (Wildman–Crippen LogP) is 1.87. The SMILES string of the molecule is Cn1cc(C(=O)NCCc2cnc[nH]2)c2ccccc21. The summed E-state index contributed by atoms with van der Waals surface area (Å²) in [6.07, 6.45) is 6.03. The van der Waals surface area contributed by atoms with E-state index in [0.29, 0.717) is 12.1 Å². The fourth-order valence-electron chi connectivity index (χ4n) is 2.35. The molecule has 3 rings (SSSR count). The Kier molecular flexibility index (Phi) is 3.25. The Morgan fingerprint density at radius 1 is 1.40 bits per heavy atom. The second kappa shape index (κ2) is 5.21. The number of nitrogens with one attached hydrogen (secondary N) is 2. The Morgan fingerprint density at radius 3 is 3.05 bits per heavy atom. The van der Waals surface area contributed by atoms with Crippen molar-refractivity contribution in [1.82, 2.24) is 19.9 Å². The predicted molar refractivity (Wildman–Crippen MR) is 77.5 cm³/mol. The van der Waals surface area contributed by atoms with Crippen molar-refractivity contribution < 1.29 is 4.79 Å². The Labute approximate surface area is 116 Å². The van der Waals surface area contributed by atoms with Crippen LogP contribution in [-0.2, 0) is 13.5 Å². The minimum Gasteiger partial charge on any atom is -0.352 e. The minimum absolute atomic E-state index is 0.0404. The van der Waals surface area contributed by atoms with Crippen LogP contribution in [-0.4, -0.2) is 27.0 Å². The van der Waals surface area contributed by atoms with Gasteiger partial charge in [-0.05, 0) is 6.07 Å². The van der Waals surface area contributed by atoms with Gasteiger partial charge in [0.2, 0.25) is 0 Å². The van der Waals surface area contributed by atoms with Gasteiger partial charge in [0.25, 0.3) is 5.91 Å². The number of nitrogens with zero attached hydrogens (tertiary/aromatic N) is 2. The first-order chi connectivity index (χ1) is 9.75. The Morgan fingerprint density at radius 2 is 2.25 bits per heavy atom. The third kappa shape index (κ3) is 2.30. The largest absolute Gasteiger partial charge is 0.352 e. The van der Waals surface area contributed by atoms with E-state index in [2.05, 4.69) is 15.3 Å². The van der Waals surface area contributed by atoms with Gasteiger partial charge in [-0.25, -0.2) is 4.98 Å². The quantitative estimate of drug-likeness (QED) is 0.759. The van der Waals surface area contributed by atoms with Gasteiger partial charge in [-0.1, -0.05) is 18.2 Å². The lowest BCUT2D eigenvalue weighted by atomic mass is 10.1. The maximum absolute atomic E-state index is 12.3. The van der Waals surface area contributed by atoms with Crippen molar-refractivity contribution in [2.45, 2.75) is 6.42 Å². The maximum Gasteiger partial charge on any atom is 0.253 e. The Hall–Kier alpha value is -2.56. The highest BCUT2D eigenvalue weighted by molar-refractivity contribution is 6.06. The molecule has 5 nitrogen and oxygen atoms in total. The summed E-state index contributed by atoms with van der Waals surface area (Å²) >= 11 is 0. The van der Waals surface area contributed by atoms with E-state index in [9.17, 15) is 4.79 Å². The number of rotatable bonds is 4. The van der Waals surface area contributed by atoms with Crippen LogP contribution >= 0.6 is 0 Å². The summed E-state index contributed by atoms with van der Waals surface area (Å²) in [4.78, 5) is 19.2. The van der Waals surface area contributed by atoms with E-state index < -0.39 is 0 Å². The van der Waals surface area contributed by atoms with Crippen molar-refractivity contribution in [2.24, 2.45) is 7.05 Å². The van der Waals surface area contributed by atoms with Crippen LogP contribution in [0, 0.1) is 0 Å². The molecule has 1 aromatic carbocycles. The summed E-state index contributed by atoms with van der Waals surface area (Å²) < 4.78 is 1.97. The number of imidazole rings is 1. The van der Waals surface area contributed by atoms with Crippen molar-refractivity contribution in [3.63, 3.8) is 0 Å². The van der Waals surface area contributed by atoms with Crippen molar-refractivity contribution in [3.05, 3.63) is 54.2 Å². The molecule has 2 heterocycles. The number of aromatic nitrogens is 3. The monoisotopic (exact) mass is 268 g/mol. The molecular weight excluding hydrogens is 252 g/mol. The van der Waals surface area contributed by atoms with Gasteiger partial charge in [0, 0.05) is 49.0 Å². The average Bonchev–Trinajstić information content (AvgIpc) is 3.08. The van der Waals surface area contributed by atoms with Crippen molar-refractivity contribution in [2.75, 3.05) is 6.54 Å². The molecule has 0 saturated heterocycles. The van der Waals surface area contributed by atoms with Crippen LogP contribution in [0.3, 0.4) is 0 Å². The number of carbonyl (C=O) groups excluding carboxylic acids is 1. The highest BCUT2D eigenvalue weighted by atomic mass is 16.1. The smallest absolute Gasteiger partial charge is 0.253 e. The van der Waals surface area contributed by atoms with Crippen molar-refractivity contribution >= 4 is 16.8 Å². The fraction of sp³-hybridized carbons (Fsp3) is 0.200. The zero-order valence-electron chi connectivity index (χ0n) is 11.3. The molecule has 0 bridgehead atoms. The van der Waals surface area contributed by atoms with Crippen LogP contribution in [0.2, 0.25) is 0 Å². The summed E-state index contributed by atoms with van der Waals surface area (Å²) in [5.74, 6) is -0.0404. The number of carbonyl (C=O) groups is 1. The number of aryl methyl sites for hydroxylation is 1. The van der Waals surface area contributed by atoms with E-state index >= 15 is 0 Å². The second-order valence-corrected chi connectivity index (χ2v) is 4.75. The number of H-pyrrole nitrogens is 1. The van der Waals surface area contributed by atoms with Gasteiger partial charge in [-0.2, -0.15) is 0 Å². The zero-order valence-corrected chi connectivity index (χ0v) is 11.3. The molecule has 2 N–H and O–H groups in total. The summed E-state index contributed by atoms with van der Waals surface area (Å²) in [5, 5.41) is 3.92. The second-order valence-electron chi connectivity index (χ2n) is 4.75. The van der Waals surface area contributed by atoms with Gasteiger partial charge in [-0.15, -0.1) is 0 Å². The summed E-state index contributed by atoms with van der Waals surface area (Å²) in [5.41, 5.74) is 2.79. The first-order valence-corrected chi connectivity index (χ1v) is 6.55. The minimum atomic E-state index is -0.0404. The molecule has 0 fully saturated rings. The van der Waals surface area contributed by atoms with Crippen LogP contribution in [0.5, 0.6) is 0 Å². The molecule has 0 radical (unpaired) electrons.